The SMILES string of the molecule is CC(NC(=O)Cc1ccc(C(N)=S)cc1)c1nccs1. The van der Waals surface area contributed by atoms with Crippen LogP contribution in [-0.4, -0.2) is 15.9 Å². The van der Waals surface area contributed by atoms with Gasteiger partial charge < -0.3 is 11.1 Å². The van der Waals surface area contributed by atoms with E-state index in [1.807, 2.05) is 36.6 Å². The Kier molecular flexibility index (Phi) is 4.81. The predicted molar refractivity (Wildman–Crippen MR) is 84.7 cm³/mol. The summed E-state index contributed by atoms with van der Waals surface area (Å²) in [5.41, 5.74) is 7.26. The molecule has 1 aromatic carbocycles. The first kappa shape index (κ1) is 14.6. The third-order valence-electron chi connectivity index (χ3n) is 2.80. The molecule has 4 nitrogen and oxygen atoms in total. The summed E-state index contributed by atoms with van der Waals surface area (Å²) in [6.45, 7) is 1.92. The molecule has 1 heterocycles. The number of benzene rings is 1. The molecule has 0 bridgehead atoms. The van der Waals surface area contributed by atoms with E-state index >= 15 is 0 Å². The van der Waals surface area contributed by atoms with Crippen molar-refractivity contribution in [3.8, 4) is 0 Å². The number of hydrogen-bond donors (Lipinski definition) is 2. The van der Waals surface area contributed by atoms with Crippen LogP contribution in [0.25, 0.3) is 0 Å². The van der Waals surface area contributed by atoms with Crippen molar-refractivity contribution in [3.63, 3.8) is 0 Å². The van der Waals surface area contributed by atoms with Gasteiger partial charge in [-0.15, -0.1) is 11.3 Å². The average molecular weight is 305 g/mol. The molecule has 0 aliphatic heterocycles. The Balaban J connectivity index is 1.92. The maximum Gasteiger partial charge on any atom is 0.224 e. The highest BCUT2D eigenvalue weighted by Crippen LogP contribution is 2.15. The predicted octanol–water partition coefficient (Wildman–Crippen LogP) is 2.20. The quantitative estimate of drug-likeness (QED) is 0.831. The summed E-state index contributed by atoms with van der Waals surface area (Å²) in [6.07, 6.45) is 2.06. The molecule has 1 amide bonds. The van der Waals surface area contributed by atoms with Crippen LogP contribution >= 0.6 is 23.6 Å². The number of amides is 1. The van der Waals surface area contributed by atoms with Crippen LogP contribution in [0, 0.1) is 0 Å². The van der Waals surface area contributed by atoms with Gasteiger partial charge in [0, 0.05) is 17.1 Å². The van der Waals surface area contributed by atoms with E-state index in [4.69, 9.17) is 18.0 Å². The maximum absolute atomic E-state index is 12.0. The molecule has 6 heteroatoms. The van der Waals surface area contributed by atoms with Crippen molar-refractivity contribution in [2.75, 3.05) is 0 Å². The lowest BCUT2D eigenvalue weighted by molar-refractivity contribution is -0.121. The summed E-state index contributed by atoms with van der Waals surface area (Å²) in [4.78, 5) is 16.5. The number of thiazole rings is 1. The van der Waals surface area contributed by atoms with E-state index in [0.717, 1.165) is 16.1 Å². The fourth-order valence-electron chi connectivity index (χ4n) is 1.77. The largest absolute Gasteiger partial charge is 0.389 e. The van der Waals surface area contributed by atoms with Crippen molar-refractivity contribution in [1.29, 1.82) is 0 Å². The van der Waals surface area contributed by atoms with Gasteiger partial charge in [0.2, 0.25) is 5.91 Å². The number of aromatic nitrogens is 1. The minimum atomic E-state index is -0.0709. The van der Waals surface area contributed by atoms with Crippen molar-refractivity contribution < 1.29 is 4.79 Å². The van der Waals surface area contributed by atoms with Crippen LogP contribution in [0.3, 0.4) is 0 Å². The van der Waals surface area contributed by atoms with E-state index in [9.17, 15) is 4.79 Å². The van der Waals surface area contributed by atoms with Gasteiger partial charge in [-0.25, -0.2) is 4.98 Å². The Morgan fingerprint density at radius 1 is 1.45 bits per heavy atom. The number of carbonyl (C=O) groups is 1. The summed E-state index contributed by atoms with van der Waals surface area (Å²) in [5, 5.41) is 5.73. The fourth-order valence-corrected chi connectivity index (χ4v) is 2.56. The smallest absolute Gasteiger partial charge is 0.224 e. The Morgan fingerprint density at radius 3 is 2.70 bits per heavy atom. The molecule has 1 aromatic heterocycles. The highest BCUT2D eigenvalue weighted by molar-refractivity contribution is 7.80. The van der Waals surface area contributed by atoms with E-state index in [0.29, 0.717) is 11.4 Å². The number of nitrogens with two attached hydrogens (primary N) is 1. The van der Waals surface area contributed by atoms with Gasteiger partial charge in [-0.05, 0) is 12.5 Å². The molecular formula is C14H15N3OS2. The highest BCUT2D eigenvalue weighted by atomic mass is 32.1. The van der Waals surface area contributed by atoms with Crippen LogP contribution in [0.15, 0.2) is 35.8 Å². The van der Waals surface area contributed by atoms with Gasteiger partial charge in [-0.1, -0.05) is 36.5 Å². The second-order valence-electron chi connectivity index (χ2n) is 4.40. The molecule has 0 saturated carbocycles. The van der Waals surface area contributed by atoms with Crippen LogP contribution in [0.1, 0.15) is 29.1 Å². The molecule has 104 valence electrons. The molecule has 20 heavy (non-hydrogen) atoms. The Bertz CT molecular complexity index is 593. The van der Waals surface area contributed by atoms with E-state index in [1.165, 1.54) is 11.3 Å². The molecule has 1 atom stereocenters. The van der Waals surface area contributed by atoms with Crippen molar-refractivity contribution >= 4 is 34.5 Å². The molecule has 0 fully saturated rings. The average Bonchev–Trinajstić information content (AvgIpc) is 2.93. The van der Waals surface area contributed by atoms with E-state index in [1.54, 1.807) is 6.20 Å². The molecule has 0 aliphatic carbocycles. The number of thiocarbonyl (C=S) groups is 1. The first-order valence-electron chi connectivity index (χ1n) is 6.14. The number of carbonyl (C=O) groups excluding carboxylic acids is 1. The highest BCUT2D eigenvalue weighted by Gasteiger charge is 2.12. The van der Waals surface area contributed by atoms with Gasteiger partial charge in [-0.2, -0.15) is 0 Å². The van der Waals surface area contributed by atoms with Gasteiger partial charge in [0.1, 0.15) is 10.00 Å². The van der Waals surface area contributed by atoms with Crippen molar-refractivity contribution in [2.24, 2.45) is 5.73 Å². The van der Waals surface area contributed by atoms with E-state index < -0.39 is 0 Å². The molecule has 2 aromatic rings. The summed E-state index contributed by atoms with van der Waals surface area (Å²) in [6, 6.07) is 7.31. The Morgan fingerprint density at radius 2 is 2.15 bits per heavy atom. The number of nitrogens with zero attached hydrogens (tertiary/aromatic N) is 1. The first-order valence-corrected chi connectivity index (χ1v) is 7.42. The third kappa shape index (κ3) is 3.85. The zero-order chi connectivity index (χ0) is 14.5. The number of rotatable bonds is 5. The summed E-state index contributed by atoms with van der Waals surface area (Å²) < 4.78 is 0. The lowest BCUT2D eigenvalue weighted by atomic mass is 10.1. The van der Waals surface area contributed by atoms with Gasteiger partial charge in [-0.3, -0.25) is 4.79 Å². The standard InChI is InChI=1S/C14H15N3OS2/c1-9(14-16-6-7-20-14)17-12(18)8-10-2-4-11(5-3-10)13(15)19/h2-7,9H,8H2,1H3,(H2,15,19)(H,17,18). The fraction of sp³-hybridized carbons (Fsp3) is 0.214. The zero-order valence-corrected chi connectivity index (χ0v) is 12.6. The number of nitrogens with one attached hydrogen (secondary N) is 1. The second-order valence-corrected chi connectivity index (χ2v) is 5.76. The minimum absolute atomic E-state index is 0.0317. The third-order valence-corrected chi connectivity index (χ3v) is 4.00. The number of hydrogen-bond acceptors (Lipinski definition) is 4. The summed E-state index contributed by atoms with van der Waals surface area (Å²) in [7, 11) is 0. The molecule has 0 saturated heterocycles. The topological polar surface area (TPSA) is 68.0 Å². The van der Waals surface area contributed by atoms with Crippen LogP contribution < -0.4 is 11.1 Å². The van der Waals surface area contributed by atoms with Gasteiger partial charge in [0.15, 0.2) is 0 Å². The van der Waals surface area contributed by atoms with E-state index in [2.05, 4.69) is 10.3 Å². The van der Waals surface area contributed by atoms with Crippen molar-refractivity contribution in [3.05, 3.63) is 52.0 Å². The molecule has 0 spiro atoms. The maximum atomic E-state index is 12.0. The molecule has 0 aliphatic rings. The van der Waals surface area contributed by atoms with Crippen LogP contribution in [0.5, 0.6) is 0 Å². The molecule has 0 radical (unpaired) electrons. The second kappa shape index (κ2) is 6.58. The van der Waals surface area contributed by atoms with E-state index in [-0.39, 0.29) is 11.9 Å². The molecular weight excluding hydrogens is 290 g/mol. The van der Waals surface area contributed by atoms with Crippen LogP contribution in [-0.2, 0) is 11.2 Å². The molecule has 3 N–H and O–H groups in total. The van der Waals surface area contributed by atoms with Crippen LogP contribution in [0.2, 0.25) is 0 Å². The lowest BCUT2D eigenvalue weighted by Gasteiger charge is -2.11. The zero-order valence-electron chi connectivity index (χ0n) is 11.0. The Hall–Kier alpha value is -1.79. The van der Waals surface area contributed by atoms with Gasteiger partial charge in [0.05, 0.1) is 12.5 Å². The Labute approximate surface area is 127 Å². The first-order chi connectivity index (χ1) is 9.56. The normalized spacial score (nSPS) is 11.8. The van der Waals surface area contributed by atoms with Crippen molar-refractivity contribution in [1.82, 2.24) is 10.3 Å². The van der Waals surface area contributed by atoms with Crippen molar-refractivity contribution in [2.45, 2.75) is 19.4 Å². The molecule has 1 unspecified atom stereocenters. The summed E-state index contributed by atoms with van der Waals surface area (Å²) in [5.74, 6) is -0.0317. The lowest BCUT2D eigenvalue weighted by Crippen LogP contribution is -2.28. The van der Waals surface area contributed by atoms with Crippen LogP contribution in [0.4, 0.5) is 0 Å². The summed E-state index contributed by atoms with van der Waals surface area (Å²) >= 11 is 6.42. The minimum Gasteiger partial charge on any atom is -0.389 e. The van der Waals surface area contributed by atoms with Gasteiger partial charge in [0.25, 0.3) is 0 Å². The van der Waals surface area contributed by atoms with Gasteiger partial charge >= 0.3 is 0 Å². The monoisotopic (exact) mass is 305 g/mol. The molecule has 2 rings (SSSR count).